The number of allylic oxidation sites excluding steroid dienone is 1. The molecular formula is C15H16ClN. The summed E-state index contributed by atoms with van der Waals surface area (Å²) in [5.41, 5.74) is 4.91. The Morgan fingerprint density at radius 1 is 1.18 bits per heavy atom. The Balaban J connectivity index is 2.49. The molecule has 2 rings (SSSR count). The lowest BCUT2D eigenvalue weighted by Gasteiger charge is -2.09. The molecule has 0 unspecified atom stereocenters. The minimum absolute atomic E-state index is 0.551. The number of nitrogens with zero attached hydrogens (tertiary/aromatic N) is 1. The fraction of sp³-hybridized carbons (Fsp3) is 0.200. The summed E-state index contributed by atoms with van der Waals surface area (Å²) in [5, 5.41) is 0. The minimum Gasteiger partial charge on any atom is -0.318 e. The summed E-state index contributed by atoms with van der Waals surface area (Å²) in [4.78, 5) is 0. The molecule has 0 fully saturated rings. The molecule has 88 valence electrons. The maximum absolute atomic E-state index is 5.67. The normalized spacial score (nSPS) is 11.2. The molecule has 0 saturated heterocycles. The van der Waals surface area contributed by atoms with Gasteiger partial charge in [0.25, 0.3) is 0 Å². The van der Waals surface area contributed by atoms with Gasteiger partial charge in [0, 0.05) is 23.0 Å². The maximum atomic E-state index is 5.67. The molecule has 0 amide bonds. The predicted octanol–water partition coefficient (Wildman–Crippen LogP) is 4.35. The van der Waals surface area contributed by atoms with Crippen molar-refractivity contribution in [3.8, 4) is 5.69 Å². The van der Waals surface area contributed by atoms with Crippen LogP contribution in [-0.4, -0.2) is 10.4 Å². The van der Waals surface area contributed by atoms with Crippen LogP contribution in [0, 0.1) is 13.8 Å². The lowest BCUT2D eigenvalue weighted by Crippen LogP contribution is -1.98. The summed E-state index contributed by atoms with van der Waals surface area (Å²) in [5.74, 6) is 0.551. The van der Waals surface area contributed by atoms with Crippen LogP contribution in [0.1, 0.15) is 17.0 Å². The lowest BCUT2D eigenvalue weighted by molar-refractivity contribution is 0.964. The van der Waals surface area contributed by atoms with Gasteiger partial charge >= 0.3 is 0 Å². The molecule has 2 heteroatoms. The molecule has 1 aromatic carbocycles. The van der Waals surface area contributed by atoms with Crippen LogP contribution in [0.25, 0.3) is 11.8 Å². The predicted molar refractivity (Wildman–Crippen MR) is 75.0 cm³/mol. The minimum atomic E-state index is 0.551. The van der Waals surface area contributed by atoms with E-state index in [0.29, 0.717) is 5.88 Å². The van der Waals surface area contributed by atoms with Gasteiger partial charge in [0.05, 0.1) is 0 Å². The zero-order valence-corrected chi connectivity index (χ0v) is 10.9. The third-order valence-corrected chi connectivity index (χ3v) is 3.05. The van der Waals surface area contributed by atoms with Crippen LogP contribution in [0.4, 0.5) is 0 Å². The van der Waals surface area contributed by atoms with Gasteiger partial charge in [0.15, 0.2) is 0 Å². The second-order valence-corrected chi connectivity index (χ2v) is 4.36. The Labute approximate surface area is 107 Å². The van der Waals surface area contributed by atoms with Crippen LogP contribution in [0.2, 0.25) is 0 Å². The maximum Gasteiger partial charge on any atom is 0.0455 e. The molecule has 0 radical (unpaired) electrons. The Kier molecular flexibility index (Phi) is 3.70. The van der Waals surface area contributed by atoms with Crippen LogP contribution in [-0.2, 0) is 0 Å². The first-order chi connectivity index (χ1) is 8.24. The Hall–Kier alpha value is -1.47. The van der Waals surface area contributed by atoms with E-state index >= 15 is 0 Å². The molecule has 1 aromatic heterocycles. The van der Waals surface area contributed by atoms with Gasteiger partial charge in [-0.05, 0) is 37.6 Å². The zero-order chi connectivity index (χ0) is 12.3. The highest BCUT2D eigenvalue weighted by Crippen LogP contribution is 2.21. The summed E-state index contributed by atoms with van der Waals surface area (Å²) in [6.45, 7) is 4.26. The number of hydrogen-bond acceptors (Lipinski definition) is 0. The highest BCUT2D eigenvalue weighted by molar-refractivity contribution is 6.19. The molecule has 0 aliphatic rings. The van der Waals surface area contributed by atoms with E-state index < -0.39 is 0 Å². The van der Waals surface area contributed by atoms with Gasteiger partial charge < -0.3 is 4.57 Å². The molecule has 0 aliphatic carbocycles. The molecule has 0 aliphatic heterocycles. The molecule has 17 heavy (non-hydrogen) atoms. The second-order valence-electron chi connectivity index (χ2n) is 4.05. The second kappa shape index (κ2) is 5.24. The fourth-order valence-corrected chi connectivity index (χ4v) is 2.19. The summed E-state index contributed by atoms with van der Waals surface area (Å²) >= 11 is 5.67. The molecule has 0 spiro atoms. The summed E-state index contributed by atoms with van der Waals surface area (Å²) < 4.78 is 2.26. The van der Waals surface area contributed by atoms with Crippen LogP contribution in [0.15, 0.2) is 42.5 Å². The number of halogens is 1. The Morgan fingerprint density at radius 2 is 1.88 bits per heavy atom. The van der Waals surface area contributed by atoms with E-state index in [0.717, 1.165) is 0 Å². The van der Waals surface area contributed by atoms with Crippen molar-refractivity contribution in [1.29, 1.82) is 0 Å². The van der Waals surface area contributed by atoms with Crippen molar-refractivity contribution >= 4 is 17.7 Å². The third kappa shape index (κ3) is 2.45. The van der Waals surface area contributed by atoms with Crippen LogP contribution < -0.4 is 0 Å². The van der Waals surface area contributed by atoms with Gasteiger partial charge in [-0.1, -0.05) is 30.4 Å². The van der Waals surface area contributed by atoms with E-state index in [2.05, 4.69) is 54.8 Å². The average molecular weight is 246 g/mol. The third-order valence-electron chi connectivity index (χ3n) is 2.87. The number of benzene rings is 1. The van der Waals surface area contributed by atoms with E-state index in [-0.39, 0.29) is 0 Å². The van der Waals surface area contributed by atoms with E-state index in [1.54, 1.807) is 0 Å². The van der Waals surface area contributed by atoms with Crippen molar-refractivity contribution in [1.82, 2.24) is 4.57 Å². The Morgan fingerprint density at radius 3 is 2.53 bits per heavy atom. The number of aromatic nitrogens is 1. The first kappa shape index (κ1) is 12.0. The van der Waals surface area contributed by atoms with Gasteiger partial charge in [0.1, 0.15) is 0 Å². The molecular weight excluding hydrogens is 230 g/mol. The van der Waals surface area contributed by atoms with Crippen molar-refractivity contribution in [2.75, 3.05) is 5.88 Å². The largest absolute Gasteiger partial charge is 0.318 e. The standard InChI is InChI=1S/C15H16ClN/c1-12-11-14(7-6-10-16)13(2)17(12)15-8-4-3-5-9-15/h3-9,11H,10H2,1-2H3. The molecule has 0 saturated carbocycles. The first-order valence-corrected chi connectivity index (χ1v) is 6.24. The zero-order valence-electron chi connectivity index (χ0n) is 10.2. The fourth-order valence-electron chi connectivity index (χ4n) is 2.10. The van der Waals surface area contributed by atoms with E-state index in [1.165, 1.54) is 22.6 Å². The highest BCUT2D eigenvalue weighted by atomic mass is 35.5. The van der Waals surface area contributed by atoms with Gasteiger partial charge in [-0.15, -0.1) is 11.6 Å². The number of rotatable bonds is 3. The topological polar surface area (TPSA) is 4.93 Å². The summed E-state index contributed by atoms with van der Waals surface area (Å²) in [6.07, 6.45) is 4.05. The molecule has 2 aromatic rings. The van der Waals surface area contributed by atoms with Crippen molar-refractivity contribution in [3.63, 3.8) is 0 Å². The summed E-state index contributed by atoms with van der Waals surface area (Å²) in [7, 11) is 0. The van der Waals surface area contributed by atoms with Gasteiger partial charge in [-0.25, -0.2) is 0 Å². The van der Waals surface area contributed by atoms with Gasteiger partial charge in [-0.3, -0.25) is 0 Å². The SMILES string of the molecule is Cc1cc(C=CCCl)c(C)n1-c1ccccc1. The lowest BCUT2D eigenvalue weighted by atomic mass is 10.2. The number of aryl methyl sites for hydroxylation is 1. The number of hydrogen-bond donors (Lipinski definition) is 0. The van der Waals surface area contributed by atoms with E-state index in [4.69, 9.17) is 11.6 Å². The van der Waals surface area contributed by atoms with Crippen molar-refractivity contribution in [2.45, 2.75) is 13.8 Å². The van der Waals surface area contributed by atoms with Crippen LogP contribution in [0.3, 0.4) is 0 Å². The van der Waals surface area contributed by atoms with Gasteiger partial charge in [-0.2, -0.15) is 0 Å². The number of para-hydroxylation sites is 1. The molecule has 1 nitrogen and oxygen atoms in total. The smallest absolute Gasteiger partial charge is 0.0455 e. The van der Waals surface area contributed by atoms with E-state index in [9.17, 15) is 0 Å². The molecule has 0 N–H and O–H groups in total. The number of alkyl halides is 1. The first-order valence-electron chi connectivity index (χ1n) is 5.71. The van der Waals surface area contributed by atoms with Gasteiger partial charge in [0.2, 0.25) is 0 Å². The van der Waals surface area contributed by atoms with Crippen LogP contribution in [0.5, 0.6) is 0 Å². The molecule has 1 heterocycles. The van der Waals surface area contributed by atoms with Crippen molar-refractivity contribution < 1.29 is 0 Å². The highest BCUT2D eigenvalue weighted by Gasteiger charge is 2.07. The van der Waals surface area contributed by atoms with E-state index in [1.807, 2.05) is 12.1 Å². The summed E-state index contributed by atoms with van der Waals surface area (Å²) in [6, 6.07) is 12.6. The average Bonchev–Trinajstić information content (AvgIpc) is 2.63. The van der Waals surface area contributed by atoms with Crippen molar-refractivity contribution in [3.05, 3.63) is 59.4 Å². The molecule has 0 atom stereocenters. The Bertz CT molecular complexity index is 523. The van der Waals surface area contributed by atoms with Crippen molar-refractivity contribution in [2.24, 2.45) is 0 Å². The molecule has 0 bridgehead atoms. The van der Waals surface area contributed by atoms with Crippen LogP contribution >= 0.6 is 11.6 Å². The quantitative estimate of drug-likeness (QED) is 0.709. The monoisotopic (exact) mass is 245 g/mol.